The zero-order chi connectivity index (χ0) is 12.4. The highest BCUT2D eigenvalue weighted by atomic mass is 15.2. The third-order valence-corrected chi connectivity index (χ3v) is 4.08. The van der Waals surface area contributed by atoms with E-state index >= 15 is 0 Å². The molecule has 2 heterocycles. The molecule has 0 saturated carbocycles. The maximum atomic E-state index is 3.44. The van der Waals surface area contributed by atoms with Crippen LogP contribution in [0.5, 0.6) is 0 Å². The maximum Gasteiger partial charge on any atom is 0.0371 e. The fraction of sp³-hybridized carbons (Fsp3) is 0.733. The number of hydrogen-bond acceptors (Lipinski definition) is 1. The van der Waals surface area contributed by atoms with Crippen LogP contribution < -0.4 is 0 Å². The van der Waals surface area contributed by atoms with Gasteiger partial charge in [-0.25, -0.2) is 0 Å². The number of rotatable bonds is 4. The molecule has 0 unspecified atom stereocenters. The molecular formula is C15H26N2. The molecule has 0 aromatic carbocycles. The van der Waals surface area contributed by atoms with Gasteiger partial charge >= 0.3 is 0 Å². The first-order valence-electron chi connectivity index (χ1n) is 7.12. The molecule has 1 aliphatic heterocycles. The van der Waals surface area contributed by atoms with Crippen molar-refractivity contribution in [3.05, 3.63) is 23.5 Å². The first-order valence-corrected chi connectivity index (χ1v) is 7.12. The molecule has 2 nitrogen and oxygen atoms in total. The second-order valence-electron chi connectivity index (χ2n) is 5.52. The second kappa shape index (κ2) is 5.26. The molecular weight excluding hydrogens is 208 g/mol. The van der Waals surface area contributed by atoms with Crippen molar-refractivity contribution in [1.82, 2.24) is 9.88 Å². The Kier molecular flexibility index (Phi) is 3.93. The average Bonchev–Trinajstić information content (AvgIpc) is 2.76. The van der Waals surface area contributed by atoms with Crippen LogP contribution in [-0.2, 0) is 6.42 Å². The van der Waals surface area contributed by atoms with Crippen molar-refractivity contribution in [3.63, 3.8) is 0 Å². The van der Waals surface area contributed by atoms with E-state index in [0.29, 0.717) is 18.1 Å². The molecule has 0 saturated heterocycles. The summed E-state index contributed by atoms with van der Waals surface area (Å²) in [5.74, 6) is 0. The topological polar surface area (TPSA) is 19.0 Å². The van der Waals surface area contributed by atoms with Gasteiger partial charge in [0.2, 0.25) is 0 Å². The van der Waals surface area contributed by atoms with Crippen molar-refractivity contribution in [2.75, 3.05) is 0 Å². The van der Waals surface area contributed by atoms with Crippen molar-refractivity contribution in [2.45, 2.75) is 71.5 Å². The normalized spacial score (nSPS) is 25.2. The summed E-state index contributed by atoms with van der Waals surface area (Å²) in [6.07, 6.45) is 7.09. The van der Waals surface area contributed by atoms with E-state index in [4.69, 9.17) is 0 Å². The van der Waals surface area contributed by atoms with E-state index in [0.717, 1.165) is 0 Å². The number of H-pyrrole nitrogens is 1. The minimum atomic E-state index is 0.625. The standard InChI is InChI=1S/C15H26N2/c1-5-7-15-13-8-9-16-14(13)10-12(6-2)17(15)11(3)4/h8-9,11-12,15-16H,5-7,10H2,1-4H3/t12-,15-/m0/s1. The lowest BCUT2D eigenvalue weighted by Crippen LogP contribution is -2.47. The van der Waals surface area contributed by atoms with Gasteiger partial charge in [0.15, 0.2) is 0 Å². The molecule has 0 fully saturated rings. The van der Waals surface area contributed by atoms with Crippen LogP contribution in [0.4, 0.5) is 0 Å². The predicted molar refractivity (Wildman–Crippen MR) is 73.2 cm³/mol. The van der Waals surface area contributed by atoms with Crippen LogP contribution in [0.1, 0.15) is 64.3 Å². The number of aromatic nitrogens is 1. The first kappa shape index (κ1) is 12.7. The maximum absolute atomic E-state index is 3.44. The molecule has 2 atom stereocenters. The van der Waals surface area contributed by atoms with Crippen molar-refractivity contribution in [2.24, 2.45) is 0 Å². The molecule has 0 bridgehead atoms. The summed E-state index contributed by atoms with van der Waals surface area (Å²) in [5.41, 5.74) is 3.03. The number of nitrogens with zero attached hydrogens (tertiary/aromatic N) is 1. The number of hydrogen-bond donors (Lipinski definition) is 1. The summed E-state index contributed by atoms with van der Waals surface area (Å²) in [4.78, 5) is 6.18. The molecule has 0 radical (unpaired) electrons. The van der Waals surface area contributed by atoms with Gasteiger partial charge in [0.1, 0.15) is 0 Å². The van der Waals surface area contributed by atoms with Crippen LogP contribution in [0.15, 0.2) is 12.3 Å². The molecule has 0 spiro atoms. The minimum Gasteiger partial charge on any atom is -0.365 e. The quantitative estimate of drug-likeness (QED) is 0.837. The smallest absolute Gasteiger partial charge is 0.0371 e. The molecule has 17 heavy (non-hydrogen) atoms. The van der Waals surface area contributed by atoms with Gasteiger partial charge < -0.3 is 4.98 Å². The summed E-state index contributed by atoms with van der Waals surface area (Å²) >= 11 is 0. The van der Waals surface area contributed by atoms with Gasteiger partial charge in [-0.05, 0) is 38.3 Å². The SMILES string of the molecule is CCC[C@H]1c2cc[nH]c2C[C@H](CC)N1C(C)C. The van der Waals surface area contributed by atoms with Crippen LogP contribution >= 0.6 is 0 Å². The van der Waals surface area contributed by atoms with Crippen molar-refractivity contribution < 1.29 is 0 Å². The third kappa shape index (κ3) is 2.28. The lowest BCUT2D eigenvalue weighted by molar-refractivity contribution is 0.0711. The van der Waals surface area contributed by atoms with Gasteiger partial charge in [-0.1, -0.05) is 20.3 Å². The second-order valence-corrected chi connectivity index (χ2v) is 5.52. The molecule has 1 aromatic rings. The van der Waals surface area contributed by atoms with Gasteiger partial charge in [-0.3, -0.25) is 4.90 Å². The van der Waals surface area contributed by atoms with Crippen LogP contribution in [0.25, 0.3) is 0 Å². The summed E-state index contributed by atoms with van der Waals surface area (Å²) in [7, 11) is 0. The fourth-order valence-electron chi connectivity index (χ4n) is 3.38. The zero-order valence-electron chi connectivity index (χ0n) is 11.7. The van der Waals surface area contributed by atoms with E-state index < -0.39 is 0 Å². The van der Waals surface area contributed by atoms with Gasteiger partial charge in [0, 0.05) is 36.4 Å². The van der Waals surface area contributed by atoms with Gasteiger partial charge in [0.05, 0.1) is 0 Å². The van der Waals surface area contributed by atoms with E-state index in [1.54, 1.807) is 5.56 Å². The first-order chi connectivity index (χ1) is 8.19. The number of nitrogens with one attached hydrogen (secondary N) is 1. The lowest BCUT2D eigenvalue weighted by Gasteiger charge is -2.44. The van der Waals surface area contributed by atoms with E-state index in [1.807, 2.05) is 0 Å². The Labute approximate surface area is 105 Å². The predicted octanol–water partition coefficient (Wildman–Crippen LogP) is 3.90. The molecule has 1 aromatic heterocycles. The van der Waals surface area contributed by atoms with Crippen molar-refractivity contribution in [3.8, 4) is 0 Å². The Morgan fingerprint density at radius 1 is 1.41 bits per heavy atom. The monoisotopic (exact) mass is 234 g/mol. The summed E-state index contributed by atoms with van der Waals surface area (Å²) in [6.45, 7) is 9.28. The molecule has 1 N–H and O–H groups in total. The summed E-state index contributed by atoms with van der Waals surface area (Å²) < 4.78 is 0. The third-order valence-electron chi connectivity index (χ3n) is 4.08. The summed E-state index contributed by atoms with van der Waals surface area (Å²) in [5, 5.41) is 0. The molecule has 96 valence electrons. The highest BCUT2D eigenvalue weighted by molar-refractivity contribution is 5.28. The molecule has 0 aliphatic carbocycles. The fourth-order valence-corrected chi connectivity index (χ4v) is 3.38. The van der Waals surface area contributed by atoms with E-state index in [9.17, 15) is 0 Å². The molecule has 1 aliphatic rings. The van der Waals surface area contributed by atoms with Crippen LogP contribution in [0.3, 0.4) is 0 Å². The zero-order valence-corrected chi connectivity index (χ0v) is 11.7. The molecule has 0 amide bonds. The Morgan fingerprint density at radius 2 is 2.18 bits per heavy atom. The van der Waals surface area contributed by atoms with E-state index in [2.05, 4.69) is 49.8 Å². The lowest BCUT2D eigenvalue weighted by atomic mass is 9.88. The van der Waals surface area contributed by atoms with E-state index in [-0.39, 0.29) is 0 Å². The Morgan fingerprint density at radius 3 is 2.76 bits per heavy atom. The number of aromatic amines is 1. The molecule has 2 rings (SSSR count). The van der Waals surface area contributed by atoms with Crippen molar-refractivity contribution in [1.29, 1.82) is 0 Å². The van der Waals surface area contributed by atoms with Crippen molar-refractivity contribution >= 4 is 0 Å². The van der Waals surface area contributed by atoms with Crippen LogP contribution in [-0.4, -0.2) is 22.0 Å². The van der Waals surface area contributed by atoms with Gasteiger partial charge in [-0.2, -0.15) is 0 Å². The highest BCUT2D eigenvalue weighted by Gasteiger charge is 2.34. The van der Waals surface area contributed by atoms with Crippen LogP contribution in [0, 0.1) is 0 Å². The Balaban J connectivity index is 2.34. The minimum absolute atomic E-state index is 0.625. The van der Waals surface area contributed by atoms with Crippen LogP contribution in [0.2, 0.25) is 0 Å². The Bertz CT molecular complexity index is 354. The molecule has 2 heteroatoms. The van der Waals surface area contributed by atoms with E-state index in [1.165, 1.54) is 31.4 Å². The number of fused-ring (bicyclic) bond motifs is 1. The van der Waals surface area contributed by atoms with Gasteiger partial charge in [0.25, 0.3) is 0 Å². The highest BCUT2D eigenvalue weighted by Crippen LogP contribution is 2.37. The largest absolute Gasteiger partial charge is 0.365 e. The summed E-state index contributed by atoms with van der Waals surface area (Å²) in [6, 6.07) is 4.26. The Hall–Kier alpha value is -0.760. The average molecular weight is 234 g/mol. The van der Waals surface area contributed by atoms with Gasteiger partial charge in [-0.15, -0.1) is 0 Å².